The summed E-state index contributed by atoms with van der Waals surface area (Å²) in [6.07, 6.45) is 1.41. The standard InChI is InChI=1S/C8H11N3O2/c1-6(12)5-11-7(13)3-4-10-8(11)9-2/h3-4H,5H2,1-2H3,(H,9,10). The summed E-state index contributed by atoms with van der Waals surface area (Å²) >= 11 is 0. The molecule has 0 aliphatic carbocycles. The summed E-state index contributed by atoms with van der Waals surface area (Å²) in [5.41, 5.74) is -0.227. The van der Waals surface area contributed by atoms with E-state index in [1.807, 2.05) is 0 Å². The molecule has 0 spiro atoms. The number of nitrogens with zero attached hydrogens (tertiary/aromatic N) is 2. The molecule has 0 unspecified atom stereocenters. The van der Waals surface area contributed by atoms with Crippen LogP contribution in [0, 0.1) is 0 Å². The Morgan fingerprint density at radius 3 is 2.92 bits per heavy atom. The third-order valence-corrected chi connectivity index (χ3v) is 1.54. The van der Waals surface area contributed by atoms with Gasteiger partial charge >= 0.3 is 0 Å². The lowest BCUT2D eigenvalue weighted by atomic mass is 10.4. The van der Waals surface area contributed by atoms with Crippen LogP contribution >= 0.6 is 0 Å². The summed E-state index contributed by atoms with van der Waals surface area (Å²) in [4.78, 5) is 26.0. The Labute approximate surface area is 75.4 Å². The molecule has 0 saturated carbocycles. The number of ketones is 1. The highest BCUT2D eigenvalue weighted by Crippen LogP contribution is 1.96. The third kappa shape index (κ3) is 2.14. The van der Waals surface area contributed by atoms with Gasteiger partial charge in [-0.25, -0.2) is 4.98 Å². The molecule has 1 rings (SSSR count). The van der Waals surface area contributed by atoms with Gasteiger partial charge in [0, 0.05) is 19.3 Å². The Kier molecular flexibility index (Phi) is 2.79. The smallest absolute Gasteiger partial charge is 0.255 e. The highest BCUT2D eigenvalue weighted by Gasteiger charge is 2.04. The van der Waals surface area contributed by atoms with E-state index in [0.717, 1.165) is 0 Å². The van der Waals surface area contributed by atoms with Gasteiger partial charge in [0.15, 0.2) is 0 Å². The fraction of sp³-hybridized carbons (Fsp3) is 0.375. The van der Waals surface area contributed by atoms with Crippen LogP contribution in [0.1, 0.15) is 6.92 Å². The SMILES string of the molecule is CNc1nccc(=O)n1CC(C)=O. The van der Waals surface area contributed by atoms with Crippen molar-refractivity contribution in [2.75, 3.05) is 12.4 Å². The van der Waals surface area contributed by atoms with Crippen LogP contribution in [0.3, 0.4) is 0 Å². The van der Waals surface area contributed by atoms with Crippen LogP contribution in [0.2, 0.25) is 0 Å². The fourth-order valence-electron chi connectivity index (χ4n) is 1.01. The summed E-state index contributed by atoms with van der Waals surface area (Å²) in [6, 6.07) is 1.32. The van der Waals surface area contributed by atoms with Crippen molar-refractivity contribution in [2.45, 2.75) is 13.5 Å². The molecular formula is C8H11N3O2. The summed E-state index contributed by atoms with van der Waals surface area (Å²) in [5.74, 6) is 0.328. The molecule has 0 aliphatic rings. The maximum atomic E-state index is 11.3. The molecule has 70 valence electrons. The van der Waals surface area contributed by atoms with Crippen LogP contribution in [0.5, 0.6) is 0 Å². The zero-order valence-corrected chi connectivity index (χ0v) is 7.57. The number of anilines is 1. The lowest BCUT2D eigenvalue weighted by Gasteiger charge is -2.07. The van der Waals surface area contributed by atoms with Gasteiger partial charge in [-0.05, 0) is 6.92 Å². The molecule has 1 N–H and O–H groups in total. The molecule has 0 amide bonds. The van der Waals surface area contributed by atoms with Crippen molar-refractivity contribution in [1.82, 2.24) is 9.55 Å². The molecule has 0 saturated heterocycles. The van der Waals surface area contributed by atoms with E-state index in [9.17, 15) is 9.59 Å². The van der Waals surface area contributed by atoms with E-state index in [1.54, 1.807) is 7.05 Å². The normalized spacial score (nSPS) is 9.69. The Morgan fingerprint density at radius 1 is 1.69 bits per heavy atom. The number of Topliss-reactive ketones (excluding diaryl/α,β-unsaturated/α-hetero) is 1. The first-order valence-electron chi connectivity index (χ1n) is 3.88. The lowest BCUT2D eigenvalue weighted by Crippen LogP contribution is -2.25. The average molecular weight is 181 g/mol. The van der Waals surface area contributed by atoms with Crippen molar-refractivity contribution in [1.29, 1.82) is 0 Å². The first-order chi connectivity index (χ1) is 6.15. The van der Waals surface area contributed by atoms with Crippen molar-refractivity contribution in [3.63, 3.8) is 0 Å². The molecule has 1 aromatic heterocycles. The fourth-order valence-corrected chi connectivity index (χ4v) is 1.01. The van der Waals surface area contributed by atoms with Crippen LogP contribution in [0.25, 0.3) is 0 Å². The van der Waals surface area contributed by atoms with Crippen LogP contribution < -0.4 is 10.9 Å². The van der Waals surface area contributed by atoms with Gasteiger partial charge in [0.2, 0.25) is 5.95 Å². The topological polar surface area (TPSA) is 64.0 Å². The number of rotatable bonds is 3. The van der Waals surface area contributed by atoms with E-state index >= 15 is 0 Å². The van der Waals surface area contributed by atoms with Crippen molar-refractivity contribution in [3.8, 4) is 0 Å². The number of aromatic nitrogens is 2. The maximum absolute atomic E-state index is 11.3. The highest BCUT2D eigenvalue weighted by atomic mass is 16.1. The first kappa shape index (κ1) is 9.44. The van der Waals surface area contributed by atoms with Crippen molar-refractivity contribution >= 4 is 11.7 Å². The Bertz CT molecular complexity index is 370. The van der Waals surface area contributed by atoms with Crippen LogP contribution in [-0.2, 0) is 11.3 Å². The van der Waals surface area contributed by atoms with Crippen LogP contribution in [-0.4, -0.2) is 22.4 Å². The summed E-state index contributed by atoms with van der Waals surface area (Å²) in [7, 11) is 1.65. The van der Waals surface area contributed by atoms with Gasteiger partial charge in [-0.3, -0.25) is 14.2 Å². The molecule has 1 aromatic rings. The maximum Gasteiger partial charge on any atom is 0.255 e. The van der Waals surface area contributed by atoms with Crippen molar-refractivity contribution < 1.29 is 4.79 Å². The second kappa shape index (κ2) is 3.84. The second-order valence-corrected chi connectivity index (χ2v) is 2.64. The summed E-state index contributed by atoms with van der Waals surface area (Å²) in [6.45, 7) is 1.49. The highest BCUT2D eigenvalue weighted by molar-refractivity contribution is 5.75. The van der Waals surface area contributed by atoms with Gasteiger partial charge in [-0.15, -0.1) is 0 Å². The predicted molar refractivity (Wildman–Crippen MR) is 48.7 cm³/mol. The first-order valence-corrected chi connectivity index (χ1v) is 3.88. The minimum Gasteiger partial charge on any atom is -0.359 e. The number of nitrogens with one attached hydrogen (secondary N) is 1. The molecule has 1 heterocycles. The Hall–Kier alpha value is -1.65. The quantitative estimate of drug-likeness (QED) is 0.705. The van der Waals surface area contributed by atoms with E-state index in [2.05, 4.69) is 10.3 Å². The van der Waals surface area contributed by atoms with Crippen LogP contribution in [0.15, 0.2) is 17.1 Å². The summed E-state index contributed by atoms with van der Waals surface area (Å²) in [5, 5.41) is 2.74. The second-order valence-electron chi connectivity index (χ2n) is 2.64. The largest absolute Gasteiger partial charge is 0.359 e. The third-order valence-electron chi connectivity index (χ3n) is 1.54. The molecule has 0 aliphatic heterocycles. The van der Waals surface area contributed by atoms with Gasteiger partial charge in [-0.1, -0.05) is 0 Å². The average Bonchev–Trinajstić information content (AvgIpc) is 2.08. The zero-order valence-electron chi connectivity index (χ0n) is 7.57. The Balaban J connectivity index is 3.15. The molecule has 0 fully saturated rings. The predicted octanol–water partition coefficient (Wildman–Crippen LogP) is -0.126. The summed E-state index contributed by atoms with van der Waals surface area (Å²) < 4.78 is 1.29. The van der Waals surface area contributed by atoms with Gasteiger partial charge in [0.1, 0.15) is 5.78 Å². The Morgan fingerprint density at radius 2 is 2.38 bits per heavy atom. The molecule has 5 nitrogen and oxygen atoms in total. The van der Waals surface area contributed by atoms with E-state index in [0.29, 0.717) is 5.95 Å². The van der Waals surface area contributed by atoms with Gasteiger partial charge < -0.3 is 5.32 Å². The number of carbonyl (C=O) groups is 1. The molecule has 0 aromatic carbocycles. The van der Waals surface area contributed by atoms with E-state index < -0.39 is 0 Å². The minimum absolute atomic E-state index is 0.0584. The lowest BCUT2D eigenvalue weighted by molar-refractivity contribution is -0.117. The van der Waals surface area contributed by atoms with E-state index in [-0.39, 0.29) is 17.9 Å². The molecule has 0 radical (unpaired) electrons. The molecule has 5 heteroatoms. The van der Waals surface area contributed by atoms with E-state index in [1.165, 1.54) is 23.8 Å². The van der Waals surface area contributed by atoms with Gasteiger partial charge in [0.05, 0.1) is 6.54 Å². The number of hydrogen-bond donors (Lipinski definition) is 1. The van der Waals surface area contributed by atoms with Gasteiger partial charge in [-0.2, -0.15) is 0 Å². The van der Waals surface area contributed by atoms with Crippen LogP contribution in [0.4, 0.5) is 5.95 Å². The van der Waals surface area contributed by atoms with E-state index in [4.69, 9.17) is 0 Å². The van der Waals surface area contributed by atoms with Crippen molar-refractivity contribution in [3.05, 3.63) is 22.6 Å². The monoisotopic (exact) mass is 181 g/mol. The minimum atomic E-state index is -0.227. The molecular weight excluding hydrogens is 170 g/mol. The number of carbonyl (C=O) groups excluding carboxylic acids is 1. The van der Waals surface area contributed by atoms with Crippen molar-refractivity contribution in [2.24, 2.45) is 0 Å². The molecule has 13 heavy (non-hydrogen) atoms. The zero-order chi connectivity index (χ0) is 9.84. The molecule has 0 atom stereocenters. The van der Waals surface area contributed by atoms with Gasteiger partial charge in [0.25, 0.3) is 5.56 Å². The number of hydrogen-bond acceptors (Lipinski definition) is 4. The molecule has 0 bridgehead atoms.